The van der Waals surface area contributed by atoms with E-state index in [1.54, 1.807) is 0 Å². The maximum absolute atomic E-state index is 11.4. The zero-order valence-electron chi connectivity index (χ0n) is 9.50. The lowest BCUT2D eigenvalue weighted by Crippen LogP contribution is -2.23. The highest BCUT2D eigenvalue weighted by Gasteiger charge is 2.18. The Kier molecular flexibility index (Phi) is 9.50. The van der Waals surface area contributed by atoms with Crippen LogP contribution in [0.3, 0.4) is 0 Å². The van der Waals surface area contributed by atoms with Crippen LogP contribution < -0.4 is 0 Å². The third-order valence-corrected chi connectivity index (χ3v) is 1.78. The highest BCUT2D eigenvalue weighted by atomic mass is 16.5. The summed E-state index contributed by atoms with van der Waals surface area (Å²) in [6.45, 7) is 0.0437. The monoisotopic (exact) mass is 253 g/mol. The molecule has 0 radical (unpaired) electrons. The van der Waals surface area contributed by atoms with Crippen LogP contribution in [0.5, 0.6) is 0 Å². The molecule has 0 aliphatic rings. The first kappa shape index (κ1) is 15.5. The molecule has 0 aliphatic carbocycles. The summed E-state index contributed by atoms with van der Waals surface area (Å²) in [6, 6.07) is -0.981. The fourth-order valence-electron chi connectivity index (χ4n) is 1.03. The van der Waals surface area contributed by atoms with Crippen molar-refractivity contribution in [3.8, 4) is 6.26 Å². The lowest BCUT2D eigenvalue weighted by molar-refractivity contribution is -0.145. The Morgan fingerprint density at radius 1 is 1.28 bits per heavy atom. The molecule has 0 saturated carbocycles. The van der Waals surface area contributed by atoms with Crippen LogP contribution in [0.15, 0.2) is 9.98 Å². The van der Waals surface area contributed by atoms with Crippen LogP contribution in [-0.2, 0) is 23.9 Å². The van der Waals surface area contributed by atoms with Crippen LogP contribution in [0, 0.1) is 11.5 Å². The highest BCUT2D eigenvalue weighted by Crippen LogP contribution is 2.04. The quantitative estimate of drug-likeness (QED) is 0.185. The molecule has 0 heterocycles. The number of carbonyl (C=O) groups is 1. The van der Waals surface area contributed by atoms with Crippen LogP contribution in [0.25, 0.3) is 0 Å². The molecule has 18 heavy (non-hydrogen) atoms. The minimum absolute atomic E-state index is 0.00427. The molecule has 0 spiro atoms. The van der Waals surface area contributed by atoms with E-state index in [-0.39, 0.29) is 26.2 Å². The van der Waals surface area contributed by atoms with Gasteiger partial charge in [0.25, 0.3) is 6.26 Å². The summed E-state index contributed by atoms with van der Waals surface area (Å²) in [6.07, 6.45) is 4.61. The van der Waals surface area contributed by atoms with E-state index in [2.05, 4.69) is 14.7 Å². The van der Waals surface area contributed by atoms with Gasteiger partial charge in [0, 0.05) is 0 Å². The summed E-state index contributed by atoms with van der Waals surface area (Å²) >= 11 is 0. The lowest BCUT2D eigenvalue weighted by atomic mass is 10.2. The summed E-state index contributed by atoms with van der Waals surface area (Å²) in [7, 11) is 0. The smallest absolute Gasteiger partial charge is 0.331 e. The lowest BCUT2D eigenvalue weighted by Gasteiger charge is -2.09. The standard InChI is InChI=1S/C10H11N3O5/c11-6-17-4-1-2-9(13-8-15)10(16)18-5-3-12-7-14/h9H,1-5H2. The summed E-state index contributed by atoms with van der Waals surface area (Å²) < 4.78 is 9.14. The van der Waals surface area contributed by atoms with Gasteiger partial charge >= 0.3 is 5.97 Å². The maximum atomic E-state index is 11.4. The van der Waals surface area contributed by atoms with Gasteiger partial charge < -0.3 is 9.47 Å². The van der Waals surface area contributed by atoms with E-state index in [4.69, 9.17) is 10.00 Å². The van der Waals surface area contributed by atoms with E-state index >= 15 is 0 Å². The summed E-state index contributed by atoms with van der Waals surface area (Å²) in [4.78, 5) is 37.8. The van der Waals surface area contributed by atoms with Crippen molar-refractivity contribution >= 4 is 18.1 Å². The zero-order chi connectivity index (χ0) is 13.6. The third-order valence-electron chi connectivity index (χ3n) is 1.78. The van der Waals surface area contributed by atoms with E-state index in [0.29, 0.717) is 6.42 Å². The predicted molar refractivity (Wildman–Crippen MR) is 56.7 cm³/mol. The molecule has 0 aromatic carbocycles. The third kappa shape index (κ3) is 7.77. The number of hydrogen-bond acceptors (Lipinski definition) is 8. The van der Waals surface area contributed by atoms with E-state index in [1.807, 2.05) is 0 Å². The molecule has 0 aromatic heterocycles. The van der Waals surface area contributed by atoms with Crippen LogP contribution in [0.2, 0.25) is 0 Å². The van der Waals surface area contributed by atoms with Gasteiger partial charge in [-0.25, -0.2) is 19.4 Å². The number of nitriles is 1. The van der Waals surface area contributed by atoms with Gasteiger partial charge in [-0.2, -0.15) is 10.3 Å². The molecule has 1 atom stereocenters. The van der Waals surface area contributed by atoms with Gasteiger partial charge in [0.05, 0.1) is 6.54 Å². The van der Waals surface area contributed by atoms with Gasteiger partial charge in [-0.3, -0.25) is 0 Å². The van der Waals surface area contributed by atoms with Crippen LogP contribution in [0.1, 0.15) is 12.8 Å². The summed E-state index contributed by atoms with van der Waals surface area (Å²) in [5.41, 5.74) is 0. The first-order chi connectivity index (χ1) is 8.76. The average Bonchev–Trinajstić information content (AvgIpc) is 2.38. The Morgan fingerprint density at radius 2 is 2.06 bits per heavy atom. The average molecular weight is 253 g/mol. The van der Waals surface area contributed by atoms with E-state index in [1.165, 1.54) is 18.4 Å². The second-order valence-electron chi connectivity index (χ2n) is 2.96. The van der Waals surface area contributed by atoms with Gasteiger partial charge in [-0.05, 0) is 12.8 Å². The molecule has 0 bridgehead atoms. The largest absolute Gasteiger partial charge is 0.462 e. The van der Waals surface area contributed by atoms with Crippen molar-refractivity contribution in [3.05, 3.63) is 0 Å². The second-order valence-corrected chi connectivity index (χ2v) is 2.96. The number of esters is 1. The van der Waals surface area contributed by atoms with Gasteiger partial charge in [-0.1, -0.05) is 0 Å². The first-order valence-electron chi connectivity index (χ1n) is 5.04. The molecule has 1 unspecified atom stereocenters. The SMILES string of the molecule is N#COCCCC(N=C=O)C(=O)OCCN=C=O. The van der Waals surface area contributed by atoms with Crippen molar-refractivity contribution in [2.75, 3.05) is 19.8 Å². The molecule has 0 saturated heterocycles. The van der Waals surface area contributed by atoms with Crippen molar-refractivity contribution in [3.63, 3.8) is 0 Å². The van der Waals surface area contributed by atoms with Crippen LogP contribution >= 0.6 is 0 Å². The number of carbonyl (C=O) groups excluding carboxylic acids is 3. The van der Waals surface area contributed by atoms with Crippen LogP contribution in [0.4, 0.5) is 0 Å². The van der Waals surface area contributed by atoms with Gasteiger partial charge in [0.2, 0.25) is 12.2 Å². The molecular formula is C10H11N3O5. The second kappa shape index (κ2) is 11.0. The van der Waals surface area contributed by atoms with E-state index in [9.17, 15) is 14.4 Å². The molecule has 8 heteroatoms. The number of ether oxygens (including phenoxy) is 2. The van der Waals surface area contributed by atoms with Crippen LogP contribution in [-0.4, -0.2) is 43.9 Å². The Hall–Kier alpha value is -2.48. The maximum Gasteiger partial charge on any atom is 0.331 e. The minimum Gasteiger partial charge on any atom is -0.462 e. The number of hydrogen-bond donors (Lipinski definition) is 0. The van der Waals surface area contributed by atoms with Crippen molar-refractivity contribution in [1.82, 2.24) is 0 Å². The fraction of sp³-hybridized carbons (Fsp3) is 0.600. The van der Waals surface area contributed by atoms with Crippen molar-refractivity contribution in [1.29, 1.82) is 5.26 Å². The topological polar surface area (TPSA) is 118 Å². The Labute approximate surface area is 103 Å². The molecular weight excluding hydrogens is 242 g/mol. The van der Waals surface area contributed by atoms with E-state index < -0.39 is 12.0 Å². The number of nitrogens with zero attached hydrogens (tertiary/aromatic N) is 3. The molecule has 0 N–H and O–H groups in total. The van der Waals surface area contributed by atoms with Gasteiger partial charge in [-0.15, -0.1) is 0 Å². The molecule has 0 rings (SSSR count). The Bertz CT molecular complexity index is 391. The van der Waals surface area contributed by atoms with Crippen molar-refractivity contribution < 1.29 is 23.9 Å². The molecule has 0 aromatic rings. The summed E-state index contributed by atoms with van der Waals surface area (Å²) in [5.74, 6) is -0.712. The number of isocyanates is 2. The summed E-state index contributed by atoms with van der Waals surface area (Å²) in [5, 5.41) is 8.12. The van der Waals surface area contributed by atoms with Gasteiger partial charge in [0.15, 0.2) is 6.04 Å². The van der Waals surface area contributed by atoms with Crippen molar-refractivity contribution in [2.45, 2.75) is 18.9 Å². The number of aliphatic imine (C=N–C) groups is 2. The zero-order valence-corrected chi connectivity index (χ0v) is 9.50. The van der Waals surface area contributed by atoms with Crippen molar-refractivity contribution in [2.24, 2.45) is 9.98 Å². The molecule has 0 fully saturated rings. The molecule has 0 aliphatic heterocycles. The normalized spacial score (nSPS) is 10.2. The Morgan fingerprint density at radius 3 is 2.67 bits per heavy atom. The predicted octanol–water partition coefficient (Wildman–Crippen LogP) is -0.152. The Balaban J connectivity index is 4.06. The minimum atomic E-state index is -0.981. The van der Waals surface area contributed by atoms with E-state index in [0.717, 1.165) is 0 Å². The molecule has 8 nitrogen and oxygen atoms in total. The number of rotatable bonds is 9. The fourth-order valence-corrected chi connectivity index (χ4v) is 1.03. The molecule has 96 valence electrons. The first-order valence-corrected chi connectivity index (χ1v) is 5.04. The van der Waals surface area contributed by atoms with Gasteiger partial charge in [0.1, 0.15) is 13.2 Å². The molecule has 0 amide bonds. The highest BCUT2D eigenvalue weighted by molar-refractivity contribution is 5.76.